The summed E-state index contributed by atoms with van der Waals surface area (Å²) in [5.41, 5.74) is 2.61. The summed E-state index contributed by atoms with van der Waals surface area (Å²) in [6, 6.07) is 14.3. The van der Waals surface area contributed by atoms with Gasteiger partial charge in [0.05, 0.1) is 5.75 Å². The molecule has 0 spiro atoms. The van der Waals surface area contributed by atoms with Crippen molar-refractivity contribution in [1.82, 2.24) is 15.5 Å². The number of benzene rings is 2. The molecule has 2 aromatic carbocycles. The number of halogens is 1. The average molecular weight is 447 g/mol. The van der Waals surface area contributed by atoms with E-state index >= 15 is 0 Å². The monoisotopic (exact) mass is 446 g/mol. The second-order valence-corrected chi connectivity index (χ2v) is 10.0. The summed E-state index contributed by atoms with van der Waals surface area (Å²) < 4.78 is 38.5. The largest absolute Gasteiger partial charge is 0.355 e. The van der Waals surface area contributed by atoms with Crippen LogP contribution in [-0.2, 0) is 16.4 Å². The summed E-state index contributed by atoms with van der Waals surface area (Å²) >= 11 is 0. The molecule has 168 valence electrons. The van der Waals surface area contributed by atoms with Crippen molar-refractivity contribution >= 4 is 15.8 Å². The molecule has 0 aliphatic carbocycles. The lowest BCUT2D eigenvalue weighted by Crippen LogP contribution is -2.49. The van der Waals surface area contributed by atoms with Crippen molar-refractivity contribution in [2.45, 2.75) is 37.2 Å². The highest BCUT2D eigenvalue weighted by Gasteiger charge is 2.21. The molecule has 0 aromatic heterocycles. The van der Waals surface area contributed by atoms with Gasteiger partial charge < -0.3 is 10.6 Å². The van der Waals surface area contributed by atoms with Crippen molar-refractivity contribution in [3.63, 3.8) is 0 Å². The summed E-state index contributed by atoms with van der Waals surface area (Å²) in [5, 5.41) is 6.42. The molecule has 0 saturated carbocycles. The molecule has 0 radical (unpaired) electrons. The van der Waals surface area contributed by atoms with Crippen LogP contribution in [0.5, 0.6) is 0 Å². The number of hydrogen-bond donors (Lipinski definition) is 2. The maximum Gasteiger partial charge on any atom is 0.191 e. The average Bonchev–Trinajstić information content (AvgIpc) is 2.74. The third-order valence-electron chi connectivity index (χ3n) is 5.48. The molecule has 0 atom stereocenters. The number of hydrogen-bond acceptors (Lipinski definition) is 4. The van der Waals surface area contributed by atoms with Gasteiger partial charge in [0.25, 0.3) is 0 Å². The van der Waals surface area contributed by atoms with Gasteiger partial charge in [-0.3, -0.25) is 9.89 Å². The first-order valence-corrected chi connectivity index (χ1v) is 12.2. The molecule has 31 heavy (non-hydrogen) atoms. The number of rotatable bonds is 7. The first kappa shape index (κ1) is 23.2. The molecule has 3 rings (SSSR count). The topological polar surface area (TPSA) is 73.8 Å². The predicted molar refractivity (Wildman–Crippen MR) is 122 cm³/mol. The van der Waals surface area contributed by atoms with Crippen LogP contribution in [0, 0.1) is 12.7 Å². The van der Waals surface area contributed by atoms with Gasteiger partial charge in [-0.15, -0.1) is 0 Å². The second-order valence-electron chi connectivity index (χ2n) is 7.93. The smallest absolute Gasteiger partial charge is 0.191 e. The molecule has 1 heterocycles. The van der Waals surface area contributed by atoms with Crippen molar-refractivity contribution in [3.05, 3.63) is 65.5 Å². The van der Waals surface area contributed by atoms with Gasteiger partial charge in [0.1, 0.15) is 10.7 Å². The number of likely N-dealkylation sites (tertiary alicyclic amines) is 1. The van der Waals surface area contributed by atoms with Crippen LogP contribution < -0.4 is 10.6 Å². The third kappa shape index (κ3) is 6.77. The molecule has 2 aromatic rings. The molecule has 2 N–H and O–H groups in total. The van der Waals surface area contributed by atoms with Crippen LogP contribution in [0.25, 0.3) is 0 Å². The zero-order valence-electron chi connectivity index (χ0n) is 18.1. The van der Waals surface area contributed by atoms with Gasteiger partial charge in [0.2, 0.25) is 0 Å². The molecule has 0 amide bonds. The van der Waals surface area contributed by atoms with Crippen molar-refractivity contribution < 1.29 is 12.8 Å². The Labute approximate surface area is 184 Å². The Bertz CT molecular complexity index is 1000. The highest BCUT2D eigenvalue weighted by molar-refractivity contribution is 7.91. The Kier molecular flexibility index (Phi) is 8.03. The van der Waals surface area contributed by atoms with E-state index in [0.717, 1.165) is 38.5 Å². The van der Waals surface area contributed by atoms with Gasteiger partial charge in [-0.2, -0.15) is 0 Å². The number of nitrogens with zero attached hydrogens (tertiary/aromatic N) is 2. The van der Waals surface area contributed by atoms with Crippen LogP contribution in [0.15, 0.2) is 58.4 Å². The zero-order chi connectivity index (χ0) is 22.3. The highest BCUT2D eigenvalue weighted by atomic mass is 32.2. The number of piperidine rings is 1. The molecule has 0 unspecified atom stereocenters. The lowest BCUT2D eigenvalue weighted by molar-refractivity contribution is 0.198. The Morgan fingerprint density at radius 1 is 1.16 bits per heavy atom. The van der Waals surface area contributed by atoms with Crippen molar-refractivity contribution in [2.24, 2.45) is 4.99 Å². The summed E-state index contributed by atoms with van der Waals surface area (Å²) in [6.07, 6.45) is 1.97. The Morgan fingerprint density at radius 3 is 2.58 bits per heavy atom. The lowest BCUT2D eigenvalue weighted by Gasteiger charge is -2.33. The first-order chi connectivity index (χ1) is 14.9. The van der Waals surface area contributed by atoms with E-state index in [1.54, 1.807) is 7.05 Å². The van der Waals surface area contributed by atoms with Crippen LogP contribution in [0.2, 0.25) is 0 Å². The number of aliphatic imine (C=N–C) groups is 1. The lowest BCUT2D eigenvalue weighted by atomic mass is 10.0. The maximum absolute atomic E-state index is 13.8. The SMILES string of the molecule is CN=C(NCCS(=O)(=O)c1ccccc1F)NC1CCN(Cc2cccc(C)c2)CC1. The third-order valence-corrected chi connectivity index (χ3v) is 7.22. The van der Waals surface area contributed by atoms with Crippen molar-refractivity contribution in [1.29, 1.82) is 0 Å². The van der Waals surface area contributed by atoms with Gasteiger partial charge >= 0.3 is 0 Å². The molecule has 6 nitrogen and oxygen atoms in total. The molecule has 1 fully saturated rings. The quantitative estimate of drug-likeness (QED) is 0.505. The minimum absolute atomic E-state index is 0.155. The fraction of sp³-hybridized carbons (Fsp3) is 0.435. The minimum Gasteiger partial charge on any atom is -0.355 e. The number of aryl methyl sites for hydroxylation is 1. The molecular weight excluding hydrogens is 415 g/mol. The van der Waals surface area contributed by atoms with E-state index in [4.69, 9.17) is 0 Å². The van der Waals surface area contributed by atoms with E-state index in [1.807, 2.05) is 0 Å². The Morgan fingerprint density at radius 2 is 1.90 bits per heavy atom. The number of sulfone groups is 1. The van der Waals surface area contributed by atoms with Crippen LogP contribution in [0.3, 0.4) is 0 Å². The summed E-state index contributed by atoms with van der Waals surface area (Å²) in [5.74, 6) is -0.355. The molecule has 0 bridgehead atoms. The molecule has 8 heteroatoms. The van der Waals surface area contributed by atoms with E-state index in [0.29, 0.717) is 5.96 Å². The van der Waals surface area contributed by atoms with Crippen LogP contribution in [-0.4, -0.2) is 57.8 Å². The zero-order valence-corrected chi connectivity index (χ0v) is 19.0. The molecule has 1 aliphatic heterocycles. The van der Waals surface area contributed by atoms with Crippen LogP contribution in [0.4, 0.5) is 4.39 Å². The van der Waals surface area contributed by atoms with Gasteiger partial charge in [-0.05, 0) is 37.5 Å². The normalized spacial score (nSPS) is 16.3. The molecule has 1 saturated heterocycles. The van der Waals surface area contributed by atoms with Crippen molar-refractivity contribution in [3.8, 4) is 0 Å². The summed E-state index contributed by atoms with van der Waals surface area (Å²) in [4.78, 5) is 6.39. The van der Waals surface area contributed by atoms with Gasteiger partial charge in [-0.25, -0.2) is 12.8 Å². The summed E-state index contributed by atoms with van der Waals surface area (Å²) in [7, 11) is -2.03. The minimum atomic E-state index is -3.70. The summed E-state index contributed by atoms with van der Waals surface area (Å²) in [6.45, 7) is 5.20. The van der Waals surface area contributed by atoms with Crippen LogP contribution in [0.1, 0.15) is 24.0 Å². The second kappa shape index (κ2) is 10.7. The fourth-order valence-electron chi connectivity index (χ4n) is 3.80. The number of nitrogens with one attached hydrogen (secondary N) is 2. The van der Waals surface area contributed by atoms with E-state index in [-0.39, 0.29) is 23.2 Å². The van der Waals surface area contributed by atoms with Gasteiger partial charge in [0.15, 0.2) is 15.8 Å². The van der Waals surface area contributed by atoms with Gasteiger partial charge in [0, 0.05) is 39.3 Å². The standard InChI is InChI=1S/C23H31FN4O2S/c1-18-6-5-7-19(16-18)17-28-13-10-20(11-14-28)27-23(25-2)26-12-15-31(29,30)22-9-4-3-8-21(22)24/h3-9,16,20H,10-15,17H2,1-2H3,(H2,25,26,27). The van der Waals surface area contributed by atoms with Gasteiger partial charge in [-0.1, -0.05) is 42.0 Å². The number of guanidine groups is 1. The van der Waals surface area contributed by atoms with E-state index in [9.17, 15) is 12.8 Å². The fourth-order valence-corrected chi connectivity index (χ4v) is 5.04. The maximum atomic E-state index is 13.8. The Balaban J connectivity index is 1.43. The van der Waals surface area contributed by atoms with E-state index in [2.05, 4.69) is 51.7 Å². The first-order valence-electron chi connectivity index (χ1n) is 10.6. The molecular formula is C23H31FN4O2S. The molecule has 1 aliphatic rings. The predicted octanol–water partition coefficient (Wildman–Crippen LogP) is 2.74. The van der Waals surface area contributed by atoms with E-state index < -0.39 is 15.7 Å². The van der Waals surface area contributed by atoms with Crippen molar-refractivity contribution in [2.75, 3.05) is 32.4 Å². The Hall–Kier alpha value is -2.45. The van der Waals surface area contributed by atoms with Crippen LogP contribution >= 0.6 is 0 Å². The highest BCUT2D eigenvalue weighted by Crippen LogP contribution is 2.16. The van der Waals surface area contributed by atoms with E-state index in [1.165, 1.54) is 29.3 Å².